The average Bonchev–Trinajstić information content (AvgIpc) is 2.60. The number of ether oxygens (including phenoxy) is 1. The van der Waals surface area contributed by atoms with E-state index in [9.17, 15) is 14.7 Å². The first-order chi connectivity index (χ1) is 12.7. The number of aromatic hydroxyl groups is 1. The van der Waals surface area contributed by atoms with E-state index >= 15 is 0 Å². The zero-order valence-electron chi connectivity index (χ0n) is 15.9. The van der Waals surface area contributed by atoms with Crippen molar-refractivity contribution >= 4 is 22.9 Å². The van der Waals surface area contributed by atoms with Crippen LogP contribution in [0.5, 0.6) is 5.75 Å². The molecule has 2 heterocycles. The monoisotopic (exact) mass is 371 g/mol. The zero-order chi connectivity index (χ0) is 19.6. The summed E-state index contributed by atoms with van der Waals surface area (Å²) >= 11 is 0. The first-order valence-corrected chi connectivity index (χ1v) is 9.09. The maximum atomic E-state index is 12.5. The van der Waals surface area contributed by atoms with Crippen LogP contribution in [-0.4, -0.2) is 51.7 Å². The van der Waals surface area contributed by atoms with Crippen LogP contribution >= 0.6 is 0 Å². The number of likely N-dealkylation sites (tertiary alicyclic amines) is 1. The van der Waals surface area contributed by atoms with Crippen LogP contribution in [-0.2, 0) is 4.74 Å². The van der Waals surface area contributed by atoms with E-state index < -0.39 is 5.60 Å². The molecule has 0 unspecified atom stereocenters. The Kier molecular flexibility index (Phi) is 5.21. The van der Waals surface area contributed by atoms with E-state index in [-0.39, 0.29) is 23.8 Å². The van der Waals surface area contributed by atoms with Crippen molar-refractivity contribution in [2.45, 2.75) is 45.3 Å². The van der Waals surface area contributed by atoms with Crippen LogP contribution in [0.15, 0.2) is 30.5 Å². The van der Waals surface area contributed by atoms with Crippen LogP contribution in [0.25, 0.3) is 10.9 Å². The standard InChI is InChI=1S/C20H25N3O4/c1-20(2,3)27-19(26)23-8-6-15(7-9-23)22-18(25)14-10-13-11-16(24)4-5-17(13)21-12-14/h4-5,10-12,15,24H,6-9H2,1-3H3,(H,22,25). The van der Waals surface area contributed by atoms with Crippen LogP contribution in [0.2, 0.25) is 0 Å². The largest absolute Gasteiger partial charge is 0.508 e. The number of carbonyl (C=O) groups is 2. The Morgan fingerprint density at radius 1 is 1.22 bits per heavy atom. The van der Waals surface area contributed by atoms with Gasteiger partial charge in [-0.05, 0) is 57.9 Å². The molecule has 7 nitrogen and oxygen atoms in total. The summed E-state index contributed by atoms with van der Waals surface area (Å²) in [4.78, 5) is 30.6. The molecule has 3 rings (SSSR count). The molecular weight excluding hydrogens is 346 g/mol. The van der Waals surface area contributed by atoms with Gasteiger partial charge in [-0.15, -0.1) is 0 Å². The van der Waals surface area contributed by atoms with Gasteiger partial charge in [0.15, 0.2) is 0 Å². The van der Waals surface area contributed by atoms with Crippen molar-refractivity contribution in [1.82, 2.24) is 15.2 Å². The molecule has 27 heavy (non-hydrogen) atoms. The van der Waals surface area contributed by atoms with E-state index in [1.807, 2.05) is 20.8 Å². The molecule has 0 aliphatic carbocycles. The van der Waals surface area contributed by atoms with Crippen molar-refractivity contribution in [1.29, 1.82) is 0 Å². The van der Waals surface area contributed by atoms with Crippen LogP contribution in [0.1, 0.15) is 44.0 Å². The first kappa shape index (κ1) is 18.9. The van der Waals surface area contributed by atoms with Crippen molar-refractivity contribution in [2.75, 3.05) is 13.1 Å². The molecule has 0 atom stereocenters. The Labute approximate surface area is 158 Å². The molecule has 1 aromatic heterocycles. The molecule has 1 saturated heterocycles. The average molecular weight is 371 g/mol. The number of fused-ring (bicyclic) bond motifs is 1. The number of aromatic nitrogens is 1. The third-order valence-electron chi connectivity index (χ3n) is 4.41. The van der Waals surface area contributed by atoms with Gasteiger partial charge in [-0.1, -0.05) is 0 Å². The molecule has 144 valence electrons. The van der Waals surface area contributed by atoms with Crippen molar-refractivity contribution in [3.8, 4) is 5.75 Å². The summed E-state index contributed by atoms with van der Waals surface area (Å²) in [5, 5.41) is 13.3. The Morgan fingerprint density at radius 2 is 1.93 bits per heavy atom. The number of hydrogen-bond donors (Lipinski definition) is 2. The van der Waals surface area contributed by atoms with Gasteiger partial charge in [-0.2, -0.15) is 0 Å². The lowest BCUT2D eigenvalue weighted by Gasteiger charge is -2.33. The zero-order valence-corrected chi connectivity index (χ0v) is 15.9. The van der Waals surface area contributed by atoms with Gasteiger partial charge in [-0.3, -0.25) is 9.78 Å². The number of piperidine rings is 1. The third kappa shape index (κ3) is 4.87. The number of nitrogens with one attached hydrogen (secondary N) is 1. The maximum Gasteiger partial charge on any atom is 0.410 e. The Bertz CT molecular complexity index is 852. The molecule has 0 radical (unpaired) electrons. The van der Waals surface area contributed by atoms with Gasteiger partial charge in [0.05, 0.1) is 11.1 Å². The minimum absolute atomic E-state index is 0.00365. The van der Waals surface area contributed by atoms with Gasteiger partial charge >= 0.3 is 6.09 Å². The lowest BCUT2D eigenvalue weighted by Crippen LogP contribution is -2.47. The summed E-state index contributed by atoms with van der Waals surface area (Å²) < 4.78 is 5.38. The lowest BCUT2D eigenvalue weighted by molar-refractivity contribution is 0.0199. The Morgan fingerprint density at radius 3 is 2.59 bits per heavy atom. The minimum atomic E-state index is -0.514. The molecule has 1 aliphatic rings. The fourth-order valence-electron chi connectivity index (χ4n) is 3.04. The Hall–Kier alpha value is -2.83. The molecule has 0 saturated carbocycles. The van der Waals surface area contributed by atoms with Crippen molar-refractivity contribution < 1.29 is 19.4 Å². The van der Waals surface area contributed by atoms with Crippen molar-refractivity contribution in [3.63, 3.8) is 0 Å². The van der Waals surface area contributed by atoms with Crippen LogP contribution in [0.4, 0.5) is 4.79 Å². The van der Waals surface area contributed by atoms with E-state index in [0.29, 0.717) is 36.9 Å². The van der Waals surface area contributed by atoms with E-state index in [4.69, 9.17) is 4.74 Å². The van der Waals surface area contributed by atoms with Gasteiger partial charge in [0.2, 0.25) is 0 Å². The number of hydrogen-bond acceptors (Lipinski definition) is 5. The number of benzene rings is 1. The molecule has 1 aliphatic heterocycles. The second-order valence-corrected chi connectivity index (χ2v) is 7.82. The van der Waals surface area contributed by atoms with Crippen molar-refractivity contribution in [3.05, 3.63) is 36.0 Å². The molecule has 7 heteroatoms. The minimum Gasteiger partial charge on any atom is -0.508 e. The van der Waals surface area contributed by atoms with Crippen LogP contribution in [0.3, 0.4) is 0 Å². The molecule has 0 spiro atoms. The highest BCUT2D eigenvalue weighted by Crippen LogP contribution is 2.20. The number of nitrogens with zero attached hydrogens (tertiary/aromatic N) is 2. The normalized spacial score (nSPS) is 15.6. The molecule has 2 amide bonds. The summed E-state index contributed by atoms with van der Waals surface area (Å²) in [7, 11) is 0. The number of rotatable bonds is 2. The van der Waals surface area contributed by atoms with Gasteiger partial charge in [0.25, 0.3) is 5.91 Å². The summed E-state index contributed by atoms with van der Waals surface area (Å²) in [5.74, 6) is -0.0696. The number of carbonyl (C=O) groups excluding carboxylic acids is 2. The highest BCUT2D eigenvalue weighted by Gasteiger charge is 2.27. The van der Waals surface area contributed by atoms with Crippen molar-refractivity contribution in [2.24, 2.45) is 0 Å². The number of pyridine rings is 1. The number of phenolic OH excluding ortho intramolecular Hbond substituents is 1. The highest BCUT2D eigenvalue weighted by molar-refractivity contribution is 5.97. The highest BCUT2D eigenvalue weighted by atomic mass is 16.6. The SMILES string of the molecule is CC(C)(C)OC(=O)N1CCC(NC(=O)c2cnc3ccc(O)cc3c2)CC1. The second-order valence-electron chi connectivity index (χ2n) is 7.82. The predicted molar refractivity (Wildman–Crippen MR) is 102 cm³/mol. The van der Waals surface area contributed by atoms with Gasteiger partial charge < -0.3 is 20.1 Å². The fraction of sp³-hybridized carbons (Fsp3) is 0.450. The van der Waals surface area contributed by atoms with E-state index in [1.165, 1.54) is 6.20 Å². The molecule has 2 N–H and O–H groups in total. The van der Waals surface area contributed by atoms with E-state index in [0.717, 1.165) is 5.52 Å². The van der Waals surface area contributed by atoms with Gasteiger partial charge in [-0.25, -0.2) is 4.79 Å². The lowest BCUT2D eigenvalue weighted by atomic mass is 10.0. The molecular formula is C20H25N3O4. The third-order valence-corrected chi connectivity index (χ3v) is 4.41. The quantitative estimate of drug-likeness (QED) is 0.846. The Balaban J connectivity index is 1.57. The topological polar surface area (TPSA) is 91.8 Å². The predicted octanol–water partition coefficient (Wildman–Crippen LogP) is 3.07. The fourth-order valence-corrected chi connectivity index (χ4v) is 3.04. The summed E-state index contributed by atoms with van der Waals surface area (Å²) in [6.45, 7) is 6.62. The molecule has 1 aromatic carbocycles. The van der Waals surface area contributed by atoms with Crippen LogP contribution < -0.4 is 5.32 Å². The first-order valence-electron chi connectivity index (χ1n) is 9.09. The summed E-state index contributed by atoms with van der Waals surface area (Å²) in [6, 6.07) is 6.56. The van der Waals surface area contributed by atoms with Gasteiger partial charge in [0, 0.05) is 30.7 Å². The number of amides is 2. The van der Waals surface area contributed by atoms with E-state index in [1.54, 1.807) is 29.2 Å². The number of phenols is 1. The van der Waals surface area contributed by atoms with E-state index in [2.05, 4.69) is 10.3 Å². The second kappa shape index (κ2) is 7.42. The smallest absolute Gasteiger partial charge is 0.410 e. The van der Waals surface area contributed by atoms with Crippen LogP contribution in [0, 0.1) is 0 Å². The molecule has 0 bridgehead atoms. The van der Waals surface area contributed by atoms with Gasteiger partial charge in [0.1, 0.15) is 11.4 Å². The maximum absolute atomic E-state index is 12.5. The summed E-state index contributed by atoms with van der Waals surface area (Å²) in [6.07, 6.45) is 2.57. The molecule has 2 aromatic rings. The summed E-state index contributed by atoms with van der Waals surface area (Å²) in [5.41, 5.74) is 0.650. The molecule has 1 fully saturated rings.